The van der Waals surface area contributed by atoms with Gasteiger partial charge in [0.15, 0.2) is 0 Å². The molecule has 0 heterocycles. The van der Waals surface area contributed by atoms with E-state index in [0.717, 1.165) is 10.0 Å². The molecular weight excluding hydrogens is 376 g/mol. The number of alkyl halides is 1. The number of carbonyl (C=O) groups is 2. The van der Waals surface area contributed by atoms with E-state index in [2.05, 4.69) is 31.9 Å². The fraction of sp³-hybridized carbons (Fsp3) is 0.385. The van der Waals surface area contributed by atoms with Gasteiger partial charge in [-0.1, -0.05) is 50.9 Å². The van der Waals surface area contributed by atoms with Crippen LogP contribution < -0.4 is 5.73 Å². The molecule has 0 spiro atoms. The van der Waals surface area contributed by atoms with E-state index in [-0.39, 0.29) is 17.3 Å². The molecule has 1 unspecified atom stereocenters. The maximum Gasteiger partial charge on any atom is 0.237 e. The van der Waals surface area contributed by atoms with Crippen LogP contribution in [0, 0.1) is 0 Å². The van der Waals surface area contributed by atoms with Gasteiger partial charge >= 0.3 is 0 Å². The standard InChI is InChI=1S/C13H16Br2N2O2/c1-2-11(15)13(19)17(8-12(16)18)7-9-3-5-10(14)6-4-9/h3-6,11H,2,7-8H2,1H3,(H2,16,18). The second-order valence-electron chi connectivity index (χ2n) is 4.16. The predicted octanol–water partition coefficient (Wildman–Crippen LogP) is 2.44. The van der Waals surface area contributed by atoms with E-state index >= 15 is 0 Å². The van der Waals surface area contributed by atoms with Crippen LogP contribution in [0.25, 0.3) is 0 Å². The van der Waals surface area contributed by atoms with Gasteiger partial charge in [-0.15, -0.1) is 0 Å². The third kappa shape index (κ3) is 5.32. The number of carbonyl (C=O) groups excluding carboxylic acids is 2. The van der Waals surface area contributed by atoms with Crippen molar-refractivity contribution in [3.63, 3.8) is 0 Å². The minimum absolute atomic E-state index is 0.0724. The molecule has 0 bridgehead atoms. The molecular formula is C13H16Br2N2O2. The molecule has 19 heavy (non-hydrogen) atoms. The van der Waals surface area contributed by atoms with E-state index < -0.39 is 5.91 Å². The highest BCUT2D eigenvalue weighted by Crippen LogP contribution is 2.15. The van der Waals surface area contributed by atoms with Crippen LogP contribution in [0.4, 0.5) is 0 Å². The molecule has 0 aliphatic heterocycles. The first kappa shape index (κ1) is 16.2. The Balaban J connectivity index is 2.82. The molecule has 0 radical (unpaired) electrons. The fourth-order valence-electron chi connectivity index (χ4n) is 1.58. The molecule has 4 nitrogen and oxygen atoms in total. The molecule has 2 N–H and O–H groups in total. The average Bonchev–Trinajstić information content (AvgIpc) is 2.38. The molecule has 0 aliphatic carbocycles. The minimum atomic E-state index is -0.513. The van der Waals surface area contributed by atoms with Gasteiger partial charge in [0.1, 0.15) is 0 Å². The van der Waals surface area contributed by atoms with Crippen molar-refractivity contribution in [1.82, 2.24) is 4.90 Å². The Morgan fingerprint density at radius 2 is 1.89 bits per heavy atom. The highest BCUT2D eigenvalue weighted by atomic mass is 79.9. The Bertz CT molecular complexity index is 448. The second kappa shape index (κ2) is 7.65. The van der Waals surface area contributed by atoms with Crippen LogP contribution >= 0.6 is 31.9 Å². The number of halogens is 2. The lowest BCUT2D eigenvalue weighted by atomic mass is 10.2. The first-order chi connectivity index (χ1) is 8.93. The highest BCUT2D eigenvalue weighted by molar-refractivity contribution is 9.10. The summed E-state index contributed by atoms with van der Waals surface area (Å²) in [4.78, 5) is 24.4. The monoisotopic (exact) mass is 390 g/mol. The average molecular weight is 392 g/mol. The van der Waals surface area contributed by atoms with Gasteiger partial charge in [0, 0.05) is 11.0 Å². The lowest BCUT2D eigenvalue weighted by Gasteiger charge is -2.23. The second-order valence-corrected chi connectivity index (χ2v) is 6.18. The summed E-state index contributed by atoms with van der Waals surface area (Å²) in [7, 11) is 0. The third-order valence-corrected chi connectivity index (χ3v) is 4.14. The van der Waals surface area contributed by atoms with Crippen LogP contribution in [0.2, 0.25) is 0 Å². The molecule has 1 aromatic rings. The van der Waals surface area contributed by atoms with Gasteiger partial charge in [0.25, 0.3) is 0 Å². The molecule has 0 saturated carbocycles. The molecule has 0 aromatic heterocycles. The Labute approximate surface area is 129 Å². The van der Waals surface area contributed by atoms with E-state index in [4.69, 9.17) is 5.73 Å². The summed E-state index contributed by atoms with van der Waals surface area (Å²) < 4.78 is 0.968. The van der Waals surface area contributed by atoms with Crippen molar-refractivity contribution < 1.29 is 9.59 Å². The number of nitrogens with two attached hydrogens (primary N) is 1. The van der Waals surface area contributed by atoms with Crippen LogP contribution in [-0.2, 0) is 16.1 Å². The van der Waals surface area contributed by atoms with Crippen molar-refractivity contribution in [3.8, 4) is 0 Å². The molecule has 0 saturated heterocycles. The van der Waals surface area contributed by atoms with E-state index in [0.29, 0.717) is 13.0 Å². The van der Waals surface area contributed by atoms with Gasteiger partial charge in [-0.3, -0.25) is 9.59 Å². The molecule has 1 aromatic carbocycles. The maximum absolute atomic E-state index is 12.1. The Hall–Kier alpha value is -0.880. The topological polar surface area (TPSA) is 63.4 Å². The van der Waals surface area contributed by atoms with Gasteiger partial charge in [-0.05, 0) is 24.1 Å². The Morgan fingerprint density at radius 3 is 2.37 bits per heavy atom. The number of rotatable bonds is 6. The third-order valence-electron chi connectivity index (χ3n) is 2.57. The van der Waals surface area contributed by atoms with Crippen molar-refractivity contribution in [2.24, 2.45) is 5.73 Å². The Kier molecular flexibility index (Phi) is 6.51. The largest absolute Gasteiger partial charge is 0.368 e. The van der Waals surface area contributed by atoms with E-state index in [9.17, 15) is 9.59 Å². The summed E-state index contributed by atoms with van der Waals surface area (Å²) in [6.45, 7) is 2.20. The van der Waals surface area contributed by atoms with E-state index in [1.807, 2.05) is 31.2 Å². The fourth-order valence-corrected chi connectivity index (χ4v) is 2.14. The number of hydrogen-bond donors (Lipinski definition) is 1. The van der Waals surface area contributed by atoms with E-state index in [1.54, 1.807) is 0 Å². The lowest BCUT2D eigenvalue weighted by Crippen LogP contribution is -2.41. The van der Waals surface area contributed by atoms with Gasteiger partial charge < -0.3 is 10.6 Å². The normalized spacial score (nSPS) is 11.9. The number of amides is 2. The van der Waals surface area contributed by atoms with Gasteiger partial charge in [-0.2, -0.15) is 0 Å². The van der Waals surface area contributed by atoms with Crippen LogP contribution in [-0.4, -0.2) is 28.1 Å². The summed E-state index contributed by atoms with van der Waals surface area (Å²) >= 11 is 6.66. The SMILES string of the molecule is CCC(Br)C(=O)N(CC(N)=O)Cc1ccc(Br)cc1. The zero-order valence-corrected chi connectivity index (χ0v) is 13.8. The van der Waals surface area contributed by atoms with E-state index in [1.165, 1.54) is 4.90 Å². The number of hydrogen-bond acceptors (Lipinski definition) is 2. The summed E-state index contributed by atoms with van der Waals surface area (Å²) in [5.74, 6) is -0.634. The molecule has 6 heteroatoms. The molecule has 0 fully saturated rings. The zero-order valence-electron chi connectivity index (χ0n) is 10.6. The maximum atomic E-state index is 12.1. The van der Waals surface area contributed by atoms with Gasteiger partial charge in [0.05, 0.1) is 11.4 Å². The first-order valence-electron chi connectivity index (χ1n) is 5.89. The van der Waals surface area contributed by atoms with Gasteiger partial charge in [0.2, 0.25) is 11.8 Å². The molecule has 2 amide bonds. The zero-order chi connectivity index (χ0) is 14.4. The quantitative estimate of drug-likeness (QED) is 0.757. The lowest BCUT2D eigenvalue weighted by molar-refractivity contribution is -0.135. The minimum Gasteiger partial charge on any atom is -0.368 e. The smallest absolute Gasteiger partial charge is 0.237 e. The molecule has 0 aliphatic rings. The summed E-state index contributed by atoms with van der Waals surface area (Å²) in [5.41, 5.74) is 6.15. The van der Waals surface area contributed by atoms with Crippen molar-refractivity contribution in [1.29, 1.82) is 0 Å². The summed E-state index contributed by atoms with van der Waals surface area (Å²) in [5, 5.41) is 0. The van der Waals surface area contributed by atoms with Crippen molar-refractivity contribution >= 4 is 43.7 Å². The number of primary amides is 1. The van der Waals surface area contributed by atoms with Crippen LogP contribution in [0.5, 0.6) is 0 Å². The predicted molar refractivity (Wildman–Crippen MR) is 81.8 cm³/mol. The van der Waals surface area contributed by atoms with Crippen LogP contribution in [0.1, 0.15) is 18.9 Å². The molecule has 104 valence electrons. The molecule has 1 rings (SSSR count). The van der Waals surface area contributed by atoms with Crippen molar-refractivity contribution in [2.45, 2.75) is 24.7 Å². The number of nitrogens with zero attached hydrogens (tertiary/aromatic N) is 1. The van der Waals surface area contributed by atoms with Crippen molar-refractivity contribution in [2.75, 3.05) is 6.54 Å². The van der Waals surface area contributed by atoms with Crippen LogP contribution in [0.3, 0.4) is 0 Å². The summed E-state index contributed by atoms with van der Waals surface area (Å²) in [6.07, 6.45) is 0.661. The highest BCUT2D eigenvalue weighted by Gasteiger charge is 2.22. The van der Waals surface area contributed by atoms with Crippen LogP contribution in [0.15, 0.2) is 28.7 Å². The van der Waals surface area contributed by atoms with Crippen molar-refractivity contribution in [3.05, 3.63) is 34.3 Å². The van der Waals surface area contributed by atoms with Gasteiger partial charge in [-0.25, -0.2) is 0 Å². The Morgan fingerprint density at radius 1 is 1.32 bits per heavy atom. The molecule has 1 atom stereocenters. The first-order valence-corrected chi connectivity index (χ1v) is 7.60. The number of benzene rings is 1. The summed E-state index contributed by atoms with van der Waals surface area (Å²) in [6, 6.07) is 7.60.